The predicted octanol–water partition coefficient (Wildman–Crippen LogP) is 2.91. The highest BCUT2D eigenvalue weighted by Gasteiger charge is 2.34. The number of anilines is 1. The highest BCUT2D eigenvalue weighted by Crippen LogP contribution is 2.30. The molecule has 0 atom stereocenters. The second kappa shape index (κ2) is 8.01. The number of carbonyl (C=O) groups is 3. The van der Waals surface area contributed by atoms with E-state index in [4.69, 9.17) is 26.2 Å². The first-order chi connectivity index (χ1) is 13.4. The molecule has 0 bridgehead atoms. The first-order valence-corrected chi connectivity index (χ1v) is 8.42. The van der Waals surface area contributed by atoms with Crippen molar-refractivity contribution in [2.24, 2.45) is 0 Å². The van der Waals surface area contributed by atoms with Crippen LogP contribution >= 0.6 is 11.6 Å². The standard InChI is InChI=1S/C19H15ClN2O6/c1-27-16-8-11(5-6-15(16)28-10-17(23)24)7-14-18(25)22(19(26)21-14)13-4-2-3-12(20)9-13/h2-9H,10H2,1H3,(H,21,26)(H,23,24). The van der Waals surface area contributed by atoms with Gasteiger partial charge in [0.25, 0.3) is 5.91 Å². The van der Waals surface area contributed by atoms with Crippen molar-refractivity contribution in [1.29, 1.82) is 0 Å². The fourth-order valence-corrected chi connectivity index (χ4v) is 2.77. The number of nitrogens with one attached hydrogen (secondary N) is 1. The first-order valence-electron chi connectivity index (χ1n) is 8.04. The summed E-state index contributed by atoms with van der Waals surface area (Å²) in [7, 11) is 1.41. The summed E-state index contributed by atoms with van der Waals surface area (Å²) in [5, 5.41) is 11.6. The molecule has 1 heterocycles. The van der Waals surface area contributed by atoms with Gasteiger partial charge in [-0.15, -0.1) is 0 Å². The van der Waals surface area contributed by atoms with Crippen LogP contribution in [0.15, 0.2) is 48.2 Å². The summed E-state index contributed by atoms with van der Waals surface area (Å²) in [6.45, 7) is -0.514. The lowest BCUT2D eigenvalue weighted by molar-refractivity contribution is -0.139. The van der Waals surface area contributed by atoms with Crippen LogP contribution in [0.3, 0.4) is 0 Å². The minimum absolute atomic E-state index is 0.0752. The molecule has 8 nitrogen and oxygen atoms in total. The number of hydrogen-bond donors (Lipinski definition) is 2. The number of carbonyl (C=O) groups excluding carboxylic acids is 2. The van der Waals surface area contributed by atoms with Gasteiger partial charge in [0, 0.05) is 5.02 Å². The number of rotatable bonds is 6. The molecule has 1 saturated heterocycles. The molecule has 0 aliphatic carbocycles. The molecule has 9 heteroatoms. The van der Waals surface area contributed by atoms with E-state index in [1.54, 1.807) is 30.3 Å². The molecule has 0 aromatic heterocycles. The van der Waals surface area contributed by atoms with E-state index < -0.39 is 24.5 Å². The number of urea groups is 1. The highest BCUT2D eigenvalue weighted by atomic mass is 35.5. The number of benzene rings is 2. The number of imide groups is 1. The molecule has 28 heavy (non-hydrogen) atoms. The van der Waals surface area contributed by atoms with Crippen LogP contribution in [-0.2, 0) is 9.59 Å². The van der Waals surface area contributed by atoms with E-state index >= 15 is 0 Å². The van der Waals surface area contributed by atoms with Crippen LogP contribution < -0.4 is 19.7 Å². The second-order valence-electron chi connectivity index (χ2n) is 5.70. The number of halogens is 1. The Balaban J connectivity index is 1.86. The van der Waals surface area contributed by atoms with Crippen LogP contribution in [0.4, 0.5) is 10.5 Å². The second-order valence-corrected chi connectivity index (χ2v) is 6.14. The maximum atomic E-state index is 12.6. The zero-order valence-corrected chi connectivity index (χ0v) is 15.4. The SMILES string of the molecule is COc1cc(C=C2NC(=O)N(c3cccc(Cl)c3)C2=O)ccc1OCC(=O)O. The third kappa shape index (κ3) is 4.07. The summed E-state index contributed by atoms with van der Waals surface area (Å²) in [6.07, 6.45) is 1.48. The van der Waals surface area contributed by atoms with Gasteiger partial charge in [-0.3, -0.25) is 4.79 Å². The number of ether oxygens (including phenoxy) is 2. The molecule has 0 saturated carbocycles. The Bertz CT molecular complexity index is 988. The topological polar surface area (TPSA) is 105 Å². The van der Waals surface area contributed by atoms with Gasteiger partial charge in [0.2, 0.25) is 0 Å². The molecular weight excluding hydrogens is 388 g/mol. The molecule has 2 N–H and O–H groups in total. The first kappa shape index (κ1) is 19.2. The summed E-state index contributed by atoms with van der Waals surface area (Å²) in [4.78, 5) is 36.5. The van der Waals surface area contributed by atoms with E-state index in [0.717, 1.165) is 4.90 Å². The van der Waals surface area contributed by atoms with Gasteiger partial charge in [0.05, 0.1) is 12.8 Å². The van der Waals surface area contributed by atoms with Gasteiger partial charge in [0.15, 0.2) is 18.1 Å². The number of carboxylic acid groups (broad SMARTS) is 1. The molecule has 0 unspecified atom stereocenters. The summed E-state index contributed by atoms with van der Waals surface area (Å²) < 4.78 is 10.3. The number of hydrogen-bond acceptors (Lipinski definition) is 5. The highest BCUT2D eigenvalue weighted by molar-refractivity contribution is 6.32. The average molecular weight is 403 g/mol. The smallest absolute Gasteiger partial charge is 0.341 e. The third-order valence-electron chi connectivity index (χ3n) is 3.79. The molecule has 1 aliphatic heterocycles. The normalized spacial score (nSPS) is 14.9. The zero-order chi connectivity index (χ0) is 20.3. The number of aliphatic carboxylic acids is 1. The van der Waals surface area contributed by atoms with Crippen LogP contribution in [0, 0.1) is 0 Å². The molecule has 144 valence electrons. The monoisotopic (exact) mass is 402 g/mol. The van der Waals surface area contributed by atoms with Crippen LogP contribution in [0.1, 0.15) is 5.56 Å². The largest absolute Gasteiger partial charge is 0.493 e. The molecular formula is C19H15ClN2O6. The molecule has 0 spiro atoms. The molecule has 2 aromatic rings. The fraction of sp³-hybridized carbons (Fsp3) is 0.105. The van der Waals surface area contributed by atoms with E-state index in [-0.39, 0.29) is 11.4 Å². The van der Waals surface area contributed by atoms with Gasteiger partial charge in [-0.25, -0.2) is 14.5 Å². The van der Waals surface area contributed by atoms with Crippen molar-refractivity contribution in [1.82, 2.24) is 5.32 Å². The van der Waals surface area contributed by atoms with Gasteiger partial charge < -0.3 is 19.9 Å². The molecule has 1 aliphatic rings. The Labute approximate surface area is 164 Å². The Kier molecular flexibility index (Phi) is 5.51. The summed E-state index contributed by atoms with van der Waals surface area (Å²) in [5.74, 6) is -1.11. The lowest BCUT2D eigenvalue weighted by Crippen LogP contribution is -2.30. The molecule has 2 aromatic carbocycles. The lowest BCUT2D eigenvalue weighted by Gasteiger charge is -2.11. The van der Waals surface area contributed by atoms with E-state index in [0.29, 0.717) is 22.0 Å². The predicted molar refractivity (Wildman–Crippen MR) is 102 cm³/mol. The van der Waals surface area contributed by atoms with E-state index in [1.807, 2.05) is 0 Å². The van der Waals surface area contributed by atoms with E-state index in [1.165, 1.54) is 25.3 Å². The van der Waals surface area contributed by atoms with Crippen molar-refractivity contribution in [3.8, 4) is 11.5 Å². The minimum Gasteiger partial charge on any atom is -0.493 e. The van der Waals surface area contributed by atoms with Crippen LogP contribution in [0.5, 0.6) is 11.5 Å². The van der Waals surface area contributed by atoms with Crippen molar-refractivity contribution in [3.05, 3.63) is 58.7 Å². The Morgan fingerprint density at radius 1 is 1.21 bits per heavy atom. The summed E-state index contributed by atoms with van der Waals surface area (Å²) in [5.41, 5.74) is 0.982. The Morgan fingerprint density at radius 2 is 2.00 bits per heavy atom. The Hall–Kier alpha value is -3.52. The van der Waals surface area contributed by atoms with E-state index in [9.17, 15) is 14.4 Å². The average Bonchev–Trinajstić information content (AvgIpc) is 2.93. The van der Waals surface area contributed by atoms with Crippen molar-refractivity contribution in [2.45, 2.75) is 0 Å². The quantitative estimate of drug-likeness (QED) is 0.568. The fourth-order valence-electron chi connectivity index (χ4n) is 2.58. The van der Waals surface area contributed by atoms with Crippen molar-refractivity contribution < 1.29 is 29.0 Å². The van der Waals surface area contributed by atoms with E-state index in [2.05, 4.69) is 5.32 Å². The lowest BCUT2D eigenvalue weighted by atomic mass is 10.1. The van der Waals surface area contributed by atoms with Crippen LogP contribution in [0.2, 0.25) is 5.02 Å². The minimum atomic E-state index is -1.12. The van der Waals surface area contributed by atoms with Crippen LogP contribution in [0.25, 0.3) is 6.08 Å². The number of amides is 3. The number of nitrogens with zero attached hydrogens (tertiary/aromatic N) is 1. The summed E-state index contributed by atoms with van der Waals surface area (Å²) >= 11 is 5.93. The molecule has 1 fully saturated rings. The van der Waals surface area contributed by atoms with Gasteiger partial charge in [-0.2, -0.15) is 0 Å². The van der Waals surface area contributed by atoms with Crippen molar-refractivity contribution in [3.63, 3.8) is 0 Å². The van der Waals surface area contributed by atoms with Gasteiger partial charge >= 0.3 is 12.0 Å². The molecule has 3 rings (SSSR count). The van der Waals surface area contributed by atoms with Gasteiger partial charge in [0.1, 0.15) is 5.70 Å². The number of carboxylic acids is 1. The molecule has 3 amide bonds. The van der Waals surface area contributed by atoms with Crippen molar-refractivity contribution >= 4 is 41.3 Å². The molecule has 0 radical (unpaired) electrons. The third-order valence-corrected chi connectivity index (χ3v) is 4.03. The maximum Gasteiger partial charge on any atom is 0.341 e. The maximum absolute atomic E-state index is 12.6. The zero-order valence-electron chi connectivity index (χ0n) is 14.6. The van der Waals surface area contributed by atoms with Gasteiger partial charge in [-0.1, -0.05) is 23.7 Å². The van der Waals surface area contributed by atoms with Crippen molar-refractivity contribution in [2.75, 3.05) is 18.6 Å². The summed E-state index contributed by atoms with van der Waals surface area (Å²) in [6, 6.07) is 10.5. The van der Waals surface area contributed by atoms with Crippen LogP contribution in [-0.4, -0.2) is 36.7 Å². The number of methoxy groups -OCH3 is 1. The Morgan fingerprint density at radius 3 is 2.68 bits per heavy atom. The van der Waals surface area contributed by atoms with Gasteiger partial charge in [-0.05, 0) is 42.0 Å².